The average molecular weight is 1270 g/mol. The Bertz CT molecular complexity index is 5340. The normalized spacial score (nSPS) is 10.9. The zero-order valence-electron chi connectivity index (χ0n) is 58.1. The van der Waals surface area contributed by atoms with E-state index in [-0.39, 0.29) is 0 Å². The van der Waals surface area contributed by atoms with E-state index in [1.807, 2.05) is 148 Å². The number of nitrogens with zero attached hydrogens (tertiary/aromatic N) is 15. The van der Waals surface area contributed by atoms with Crippen LogP contribution >= 0.6 is 0 Å². The van der Waals surface area contributed by atoms with Gasteiger partial charge in [-0.1, -0.05) is 158 Å². The summed E-state index contributed by atoms with van der Waals surface area (Å²) in [5.74, 6) is 1.06. The van der Waals surface area contributed by atoms with E-state index in [1.165, 1.54) is 110 Å². The number of benzene rings is 9. The first-order chi connectivity index (χ1) is 46.3. The molecule has 484 valence electrons. The van der Waals surface area contributed by atoms with E-state index in [0.29, 0.717) is 0 Å². The van der Waals surface area contributed by atoms with Gasteiger partial charge in [-0.3, -0.25) is 19.0 Å². The minimum absolute atomic E-state index is 0.949. The molecule has 9 aromatic carbocycles. The molecule has 9 aromatic heterocycles. The molecule has 15 heteroatoms. The third kappa shape index (κ3) is 13.6. The number of imidazole rings is 1. The fourth-order valence-corrected chi connectivity index (χ4v) is 12.5. The van der Waals surface area contributed by atoms with Crippen LogP contribution in [0.15, 0.2) is 225 Å². The molecule has 0 unspecified atom stereocenters. The minimum atomic E-state index is 0.949. The van der Waals surface area contributed by atoms with Crippen LogP contribution in [0.4, 0.5) is 0 Å². The molecule has 0 spiro atoms. The number of aryl methyl sites for hydroxylation is 14. The number of rotatable bonds is 0. The van der Waals surface area contributed by atoms with Gasteiger partial charge in [0.2, 0.25) is 0 Å². The van der Waals surface area contributed by atoms with Gasteiger partial charge in [0.05, 0.1) is 55.5 Å². The number of pyridine rings is 1. The highest BCUT2D eigenvalue weighted by molar-refractivity contribution is 6.07. The second-order valence-corrected chi connectivity index (χ2v) is 24.2. The number of fused-ring (bicyclic) bond motifs is 12. The second-order valence-electron chi connectivity index (χ2n) is 24.2. The molecular weight excluding hydrogens is 1180 g/mol. The Balaban J connectivity index is 0.000000112. The summed E-state index contributed by atoms with van der Waals surface area (Å²) < 4.78 is 14.5. The molecular formula is C81H85N15. The molecule has 96 heavy (non-hydrogen) atoms. The summed E-state index contributed by atoms with van der Waals surface area (Å²) in [6.07, 6.45) is 1.84. The molecule has 9 heterocycles. The molecule has 0 bridgehead atoms. The largest absolute Gasteiger partial charge is 0.351 e. The highest BCUT2D eigenvalue weighted by Gasteiger charge is 2.11. The molecule has 15 nitrogen and oxygen atoms in total. The Kier molecular flexibility index (Phi) is 19.8. The van der Waals surface area contributed by atoms with Gasteiger partial charge < -0.3 is 18.3 Å². The van der Waals surface area contributed by atoms with Gasteiger partial charge in [0.25, 0.3) is 0 Å². The van der Waals surface area contributed by atoms with Crippen LogP contribution in [0.5, 0.6) is 0 Å². The number of hydrogen-bond donors (Lipinski definition) is 0. The molecule has 18 rings (SSSR count). The van der Waals surface area contributed by atoms with Crippen molar-refractivity contribution in [3.63, 3.8) is 0 Å². The van der Waals surface area contributed by atoms with Crippen LogP contribution in [0.25, 0.3) is 109 Å². The second kappa shape index (κ2) is 28.8. The highest BCUT2D eigenvalue weighted by atomic mass is 15.4. The van der Waals surface area contributed by atoms with E-state index < -0.39 is 0 Å². The maximum Gasteiger partial charge on any atom is 0.113 e. The van der Waals surface area contributed by atoms with Crippen LogP contribution in [0, 0.1) is 55.4 Å². The van der Waals surface area contributed by atoms with E-state index in [9.17, 15) is 0 Å². The van der Waals surface area contributed by atoms with Crippen molar-refractivity contribution in [2.24, 2.45) is 56.4 Å². The highest BCUT2D eigenvalue weighted by Crippen LogP contribution is 2.29. The molecule has 18 aromatic rings. The lowest BCUT2D eigenvalue weighted by atomic mass is 10.1. The summed E-state index contributed by atoms with van der Waals surface area (Å²) in [4.78, 5) is 10.4. The monoisotopic (exact) mass is 1270 g/mol. The van der Waals surface area contributed by atoms with Gasteiger partial charge in [-0.15, -0.1) is 0 Å². The van der Waals surface area contributed by atoms with Gasteiger partial charge in [-0.2, -0.15) is 30.3 Å². The fraction of sp³-hybridized carbons (Fsp3) is 0.198. The van der Waals surface area contributed by atoms with Gasteiger partial charge in [0.1, 0.15) is 16.9 Å². The standard InChI is InChI=1S/C13H12N2.C12H10N2.2C11H13N.3C9H10N2.C7H7N3/c1-9-11-8-7-10-5-3-4-6-12(10)13(11)15(2)14-9;1-14-10-6-3-2-5-9(10)12-11(14)7-4-8-13-12;1-8-10-6-4-5-7-11(10)9(2)12(8)3;1-8-9(2)12(3)11-7-5-4-6-10(8)11;1-7-10-8-5-3-4-6-9(8)11(7)2;1-7-8-5-3-4-6-9(8)10-11(7)2;1-7-8-5-3-4-6-9(8)11(2)10-7;1-10-8-6-4-2-3-5-7(6)9-10/h3-8H,1-2H3;2-8H,1H3;2*4-7H,1-3H3;3*3-6H,1-2H3;2-5H,1H3. The van der Waals surface area contributed by atoms with Gasteiger partial charge in [-0.25, -0.2) is 4.98 Å². The van der Waals surface area contributed by atoms with Crippen molar-refractivity contribution >= 4 is 109 Å². The molecule has 0 N–H and O–H groups in total. The van der Waals surface area contributed by atoms with E-state index in [4.69, 9.17) is 0 Å². The lowest BCUT2D eigenvalue weighted by molar-refractivity contribution is 0.665. The third-order valence-corrected chi connectivity index (χ3v) is 18.4. The molecule has 0 fully saturated rings. The molecule has 0 radical (unpaired) electrons. The van der Waals surface area contributed by atoms with Crippen molar-refractivity contribution in [1.82, 2.24) is 72.6 Å². The van der Waals surface area contributed by atoms with Crippen LogP contribution in [0.2, 0.25) is 0 Å². The van der Waals surface area contributed by atoms with Crippen molar-refractivity contribution in [2.75, 3.05) is 0 Å². The third-order valence-electron chi connectivity index (χ3n) is 18.4. The Hall–Kier alpha value is -11.5. The van der Waals surface area contributed by atoms with Crippen molar-refractivity contribution in [2.45, 2.75) is 55.4 Å². The number of para-hydroxylation sites is 5. The van der Waals surface area contributed by atoms with Gasteiger partial charge >= 0.3 is 0 Å². The van der Waals surface area contributed by atoms with Crippen LogP contribution in [-0.4, -0.2) is 72.6 Å². The van der Waals surface area contributed by atoms with Crippen LogP contribution < -0.4 is 0 Å². The Labute approximate surface area is 560 Å². The zero-order chi connectivity index (χ0) is 67.9. The summed E-state index contributed by atoms with van der Waals surface area (Å²) in [6.45, 7) is 16.8. The first-order valence-electron chi connectivity index (χ1n) is 32.3. The maximum atomic E-state index is 4.46. The van der Waals surface area contributed by atoms with Crippen molar-refractivity contribution in [3.05, 3.63) is 270 Å². The predicted molar refractivity (Wildman–Crippen MR) is 401 cm³/mol. The van der Waals surface area contributed by atoms with E-state index >= 15 is 0 Å². The Morgan fingerprint density at radius 2 is 0.740 bits per heavy atom. The van der Waals surface area contributed by atoms with Gasteiger partial charge in [-0.05, 0) is 127 Å². The number of hydrogen-bond acceptors (Lipinski definition) is 7. The molecule has 0 aliphatic rings. The summed E-state index contributed by atoms with van der Waals surface area (Å²) in [5, 5.41) is 33.0. The van der Waals surface area contributed by atoms with E-state index in [0.717, 1.165) is 44.8 Å². The lowest BCUT2D eigenvalue weighted by Gasteiger charge is -2.00. The quantitative estimate of drug-likeness (QED) is 0.148. The molecule has 0 amide bonds. The summed E-state index contributed by atoms with van der Waals surface area (Å²) in [5.41, 5.74) is 21.4. The minimum Gasteiger partial charge on any atom is -0.351 e. The van der Waals surface area contributed by atoms with Crippen molar-refractivity contribution < 1.29 is 0 Å². The van der Waals surface area contributed by atoms with Crippen LogP contribution in [-0.2, 0) is 56.4 Å². The van der Waals surface area contributed by atoms with Crippen molar-refractivity contribution in [3.8, 4) is 0 Å². The Morgan fingerprint density at radius 3 is 1.33 bits per heavy atom. The first-order valence-corrected chi connectivity index (χ1v) is 32.3. The SMILES string of the molecule is Cc1c(C)n(C)c2ccccc12.Cc1c2ccccc2c(C)n1C.Cc1c2ccccc2nn1C.Cc1nc2ccccc2n1C.Cc1nn(C)c2c1ccc1ccccc12.Cc1nn(C)c2ccccc12.Cn1c2ccccc2c2ncccc21.Cn1nc2ccccc2n1. The molecule has 0 aliphatic heterocycles. The summed E-state index contributed by atoms with van der Waals surface area (Å²) in [7, 11) is 16.1. The maximum absolute atomic E-state index is 4.46. The number of aromatic nitrogens is 15. The van der Waals surface area contributed by atoms with Crippen LogP contribution in [0.1, 0.15) is 45.6 Å². The summed E-state index contributed by atoms with van der Waals surface area (Å²) >= 11 is 0. The molecule has 0 saturated carbocycles. The first kappa shape index (κ1) is 66.0. The Morgan fingerprint density at radius 1 is 0.271 bits per heavy atom. The molecule has 0 saturated heterocycles. The average Bonchev–Trinajstić information content (AvgIpc) is 1.63. The predicted octanol–water partition coefficient (Wildman–Crippen LogP) is 18.0. The smallest absolute Gasteiger partial charge is 0.113 e. The van der Waals surface area contributed by atoms with Crippen LogP contribution in [0.3, 0.4) is 0 Å². The summed E-state index contributed by atoms with van der Waals surface area (Å²) in [6, 6.07) is 74.6. The molecule has 0 atom stereocenters. The van der Waals surface area contributed by atoms with Crippen molar-refractivity contribution in [1.29, 1.82) is 0 Å². The lowest BCUT2D eigenvalue weighted by Crippen LogP contribution is -1.91. The fourth-order valence-electron chi connectivity index (χ4n) is 12.5. The zero-order valence-corrected chi connectivity index (χ0v) is 58.1. The van der Waals surface area contributed by atoms with Gasteiger partial charge in [0, 0.05) is 134 Å². The van der Waals surface area contributed by atoms with Gasteiger partial charge in [0.15, 0.2) is 0 Å². The van der Waals surface area contributed by atoms with E-state index in [1.54, 1.807) is 4.80 Å². The van der Waals surface area contributed by atoms with E-state index in [2.05, 4.69) is 256 Å². The topological polar surface area (TPSA) is 130 Å². The molecule has 0 aliphatic carbocycles.